The largest absolute Gasteiger partial charge is 0.373 e. The second-order valence-electron chi connectivity index (χ2n) is 5.94. The highest BCUT2D eigenvalue weighted by molar-refractivity contribution is 7.09. The van der Waals surface area contributed by atoms with Gasteiger partial charge in [-0.15, -0.1) is 11.3 Å². The Hall–Kier alpha value is -1.92. The van der Waals surface area contributed by atoms with Gasteiger partial charge in [0.05, 0.1) is 12.1 Å². The number of rotatable bonds is 5. The standard InChI is InChI=1S/C18H23N3O2S/c1-2-15(17-19-9-11-24-17)21-18(22)20-14-8-10-23-16(12-14)13-6-4-3-5-7-13/h3-7,9,11,14-16H,2,8,10,12H2,1H3,(H2,20,21,22)/t14-,15-,16+/m0/s1. The first-order valence-electron chi connectivity index (χ1n) is 8.39. The summed E-state index contributed by atoms with van der Waals surface area (Å²) in [6.07, 6.45) is 4.27. The molecule has 0 unspecified atom stereocenters. The summed E-state index contributed by atoms with van der Waals surface area (Å²) in [5, 5.41) is 9.00. The van der Waals surface area contributed by atoms with Gasteiger partial charge in [-0.05, 0) is 24.8 Å². The van der Waals surface area contributed by atoms with Gasteiger partial charge in [0.15, 0.2) is 0 Å². The number of nitrogens with one attached hydrogen (secondary N) is 2. The molecule has 0 radical (unpaired) electrons. The van der Waals surface area contributed by atoms with Crippen molar-refractivity contribution >= 4 is 17.4 Å². The molecule has 1 aromatic heterocycles. The zero-order chi connectivity index (χ0) is 16.8. The maximum Gasteiger partial charge on any atom is 0.315 e. The van der Waals surface area contributed by atoms with Crippen molar-refractivity contribution in [3.8, 4) is 0 Å². The third-order valence-corrected chi connectivity index (χ3v) is 5.14. The second-order valence-corrected chi connectivity index (χ2v) is 6.87. The molecule has 2 aromatic rings. The summed E-state index contributed by atoms with van der Waals surface area (Å²) in [5.74, 6) is 0. The second kappa shape index (κ2) is 8.26. The molecular weight excluding hydrogens is 322 g/mol. The van der Waals surface area contributed by atoms with E-state index in [-0.39, 0.29) is 24.2 Å². The van der Waals surface area contributed by atoms with Crippen LogP contribution in [-0.4, -0.2) is 23.7 Å². The molecule has 2 N–H and O–H groups in total. The van der Waals surface area contributed by atoms with Crippen molar-refractivity contribution in [2.75, 3.05) is 6.61 Å². The van der Waals surface area contributed by atoms with Gasteiger partial charge in [-0.3, -0.25) is 0 Å². The van der Waals surface area contributed by atoms with Crippen LogP contribution in [0.25, 0.3) is 0 Å². The fraction of sp³-hybridized carbons (Fsp3) is 0.444. The van der Waals surface area contributed by atoms with Crippen molar-refractivity contribution in [2.45, 2.75) is 44.4 Å². The number of benzene rings is 1. The van der Waals surface area contributed by atoms with Crippen molar-refractivity contribution in [3.05, 3.63) is 52.5 Å². The first-order chi connectivity index (χ1) is 11.8. The van der Waals surface area contributed by atoms with Gasteiger partial charge in [0.2, 0.25) is 0 Å². The Labute approximate surface area is 146 Å². The van der Waals surface area contributed by atoms with Crippen LogP contribution in [0.1, 0.15) is 48.9 Å². The van der Waals surface area contributed by atoms with Crippen molar-refractivity contribution in [1.82, 2.24) is 15.6 Å². The number of thiazole rings is 1. The minimum absolute atomic E-state index is 0.0326. The number of carbonyl (C=O) groups excluding carboxylic acids is 1. The lowest BCUT2D eigenvalue weighted by Gasteiger charge is -2.30. The molecule has 1 aliphatic rings. The van der Waals surface area contributed by atoms with Crippen LogP contribution in [0.2, 0.25) is 0 Å². The average Bonchev–Trinajstić information content (AvgIpc) is 3.15. The summed E-state index contributed by atoms with van der Waals surface area (Å²) in [7, 11) is 0. The lowest BCUT2D eigenvalue weighted by molar-refractivity contribution is 0.00221. The summed E-state index contributed by atoms with van der Waals surface area (Å²) in [4.78, 5) is 16.6. The molecular formula is C18H23N3O2S. The maximum atomic E-state index is 12.3. The fourth-order valence-corrected chi connectivity index (χ4v) is 3.73. The highest BCUT2D eigenvalue weighted by Crippen LogP contribution is 2.28. The smallest absolute Gasteiger partial charge is 0.315 e. The summed E-state index contributed by atoms with van der Waals surface area (Å²) in [5.41, 5.74) is 1.17. The minimum Gasteiger partial charge on any atom is -0.373 e. The molecule has 128 valence electrons. The number of ether oxygens (including phenoxy) is 1. The third kappa shape index (κ3) is 4.33. The average molecular weight is 345 g/mol. The van der Waals surface area contributed by atoms with Gasteiger partial charge in [-0.2, -0.15) is 0 Å². The van der Waals surface area contributed by atoms with Gasteiger partial charge in [0, 0.05) is 24.2 Å². The number of urea groups is 1. The Balaban J connectivity index is 1.54. The molecule has 5 nitrogen and oxygen atoms in total. The molecule has 0 saturated carbocycles. The number of hydrogen-bond acceptors (Lipinski definition) is 4. The van der Waals surface area contributed by atoms with Crippen molar-refractivity contribution in [2.24, 2.45) is 0 Å². The lowest BCUT2D eigenvalue weighted by Crippen LogP contribution is -2.45. The van der Waals surface area contributed by atoms with Gasteiger partial charge in [-0.1, -0.05) is 37.3 Å². The number of carbonyl (C=O) groups is 1. The van der Waals surface area contributed by atoms with Gasteiger partial charge in [-0.25, -0.2) is 9.78 Å². The summed E-state index contributed by atoms with van der Waals surface area (Å²) >= 11 is 1.57. The Morgan fingerprint density at radius 2 is 2.25 bits per heavy atom. The first kappa shape index (κ1) is 16.9. The molecule has 1 aliphatic heterocycles. The normalized spacial score (nSPS) is 21.9. The molecule has 1 fully saturated rings. The topological polar surface area (TPSA) is 63.2 Å². The summed E-state index contributed by atoms with van der Waals surface area (Å²) in [6.45, 7) is 2.71. The molecule has 3 atom stereocenters. The molecule has 1 saturated heterocycles. The van der Waals surface area contributed by atoms with Crippen molar-refractivity contribution in [1.29, 1.82) is 0 Å². The third-order valence-electron chi connectivity index (χ3n) is 4.25. The van der Waals surface area contributed by atoms with E-state index in [4.69, 9.17) is 4.74 Å². The molecule has 6 heteroatoms. The van der Waals surface area contributed by atoms with E-state index in [1.54, 1.807) is 17.5 Å². The minimum atomic E-state index is -0.129. The van der Waals surface area contributed by atoms with Gasteiger partial charge < -0.3 is 15.4 Å². The van der Waals surface area contributed by atoms with Crippen LogP contribution in [0.3, 0.4) is 0 Å². The molecule has 0 spiro atoms. The predicted molar refractivity (Wildman–Crippen MR) is 95.0 cm³/mol. The highest BCUT2D eigenvalue weighted by atomic mass is 32.1. The Morgan fingerprint density at radius 3 is 2.96 bits per heavy atom. The van der Waals surface area contributed by atoms with E-state index in [2.05, 4.69) is 27.8 Å². The van der Waals surface area contributed by atoms with Crippen molar-refractivity contribution < 1.29 is 9.53 Å². The zero-order valence-corrected chi connectivity index (χ0v) is 14.6. The zero-order valence-electron chi connectivity index (χ0n) is 13.8. The molecule has 24 heavy (non-hydrogen) atoms. The number of aromatic nitrogens is 1. The van der Waals surface area contributed by atoms with E-state index in [1.165, 1.54) is 5.56 Å². The van der Waals surface area contributed by atoms with E-state index >= 15 is 0 Å². The number of nitrogens with zero attached hydrogens (tertiary/aromatic N) is 1. The monoisotopic (exact) mass is 345 g/mol. The van der Waals surface area contributed by atoms with Gasteiger partial charge >= 0.3 is 6.03 Å². The van der Waals surface area contributed by atoms with E-state index in [9.17, 15) is 4.79 Å². The van der Waals surface area contributed by atoms with E-state index in [0.29, 0.717) is 6.61 Å². The van der Waals surface area contributed by atoms with Gasteiger partial charge in [0.25, 0.3) is 0 Å². The van der Waals surface area contributed by atoms with E-state index in [0.717, 1.165) is 24.3 Å². The Bertz CT molecular complexity index is 633. The summed E-state index contributed by atoms with van der Waals surface area (Å²) in [6, 6.07) is 10.1. The van der Waals surface area contributed by atoms with Crippen LogP contribution in [0.4, 0.5) is 4.79 Å². The maximum absolute atomic E-state index is 12.3. The molecule has 0 aliphatic carbocycles. The molecule has 0 bridgehead atoms. The Morgan fingerprint density at radius 1 is 1.42 bits per heavy atom. The van der Waals surface area contributed by atoms with Crippen LogP contribution in [0.15, 0.2) is 41.9 Å². The quantitative estimate of drug-likeness (QED) is 0.866. The van der Waals surface area contributed by atoms with E-state index < -0.39 is 0 Å². The number of hydrogen-bond donors (Lipinski definition) is 2. The fourth-order valence-electron chi connectivity index (χ4n) is 2.96. The van der Waals surface area contributed by atoms with Crippen LogP contribution in [0, 0.1) is 0 Å². The molecule has 2 heterocycles. The van der Waals surface area contributed by atoms with Crippen LogP contribution in [-0.2, 0) is 4.74 Å². The molecule has 1 aromatic carbocycles. The predicted octanol–water partition coefficient (Wildman–Crippen LogP) is 3.81. The first-order valence-corrected chi connectivity index (χ1v) is 9.27. The highest BCUT2D eigenvalue weighted by Gasteiger charge is 2.25. The molecule has 2 amide bonds. The SMILES string of the molecule is CC[C@H](NC(=O)N[C@H]1CCO[C@@H](c2ccccc2)C1)c1nccs1. The van der Waals surface area contributed by atoms with Crippen LogP contribution < -0.4 is 10.6 Å². The van der Waals surface area contributed by atoms with E-state index in [1.807, 2.05) is 30.5 Å². The number of amides is 2. The summed E-state index contributed by atoms with van der Waals surface area (Å²) < 4.78 is 5.86. The van der Waals surface area contributed by atoms with Crippen molar-refractivity contribution in [3.63, 3.8) is 0 Å². The van der Waals surface area contributed by atoms with Crippen LogP contribution in [0.5, 0.6) is 0 Å². The van der Waals surface area contributed by atoms with Crippen LogP contribution >= 0.6 is 11.3 Å². The lowest BCUT2D eigenvalue weighted by atomic mass is 9.97. The Kier molecular flexibility index (Phi) is 5.82. The van der Waals surface area contributed by atoms with Gasteiger partial charge in [0.1, 0.15) is 5.01 Å². The molecule has 3 rings (SSSR count).